The maximum absolute atomic E-state index is 14.2. The van der Waals surface area contributed by atoms with Crippen LogP contribution in [0.4, 0.5) is 4.79 Å². The number of phenols is 2. The Morgan fingerprint density at radius 2 is 1.77 bits per heavy atom. The molecule has 0 aromatic heterocycles. The average molecular weight is 726 g/mol. The van der Waals surface area contributed by atoms with E-state index in [0.717, 1.165) is 22.3 Å². The third-order valence-corrected chi connectivity index (χ3v) is 11.1. The number of carbonyl (C=O) groups is 2. The number of aryl methyl sites for hydroxylation is 1. The minimum absolute atomic E-state index is 0.0132. The highest BCUT2D eigenvalue weighted by atomic mass is 16.7. The van der Waals surface area contributed by atoms with Crippen LogP contribution in [-0.2, 0) is 28.8 Å². The number of ether oxygens (including phenoxy) is 4. The molecular weight excluding hydrogens is 678 g/mol. The van der Waals surface area contributed by atoms with E-state index in [9.17, 15) is 25.1 Å². The molecule has 1 fully saturated rings. The van der Waals surface area contributed by atoms with Gasteiger partial charge in [-0.3, -0.25) is 14.6 Å². The minimum Gasteiger partial charge on any atom is -0.507 e. The summed E-state index contributed by atoms with van der Waals surface area (Å²) in [6.45, 7) is 8.90. The highest BCUT2D eigenvalue weighted by Crippen LogP contribution is 2.58. The Morgan fingerprint density at radius 1 is 1.06 bits per heavy atom. The van der Waals surface area contributed by atoms with Crippen molar-refractivity contribution < 1.29 is 38.7 Å². The van der Waals surface area contributed by atoms with E-state index in [1.807, 2.05) is 50.4 Å². The molecule has 280 valence electrons. The number of likely N-dealkylation sites (N-methyl/N-ethyl adjacent to an activating group) is 1. The van der Waals surface area contributed by atoms with Crippen LogP contribution in [0.25, 0.3) is 0 Å². The van der Waals surface area contributed by atoms with Crippen molar-refractivity contribution in [1.82, 2.24) is 20.4 Å². The van der Waals surface area contributed by atoms with E-state index in [2.05, 4.69) is 26.5 Å². The first-order chi connectivity index (χ1) is 25.2. The van der Waals surface area contributed by atoms with Gasteiger partial charge in [-0.15, -0.1) is 0 Å². The molecule has 4 aliphatic heterocycles. The Bertz CT molecular complexity index is 1990. The van der Waals surface area contributed by atoms with Crippen LogP contribution in [0.1, 0.15) is 71.8 Å². The molecule has 0 spiro atoms. The molecule has 2 amide bonds. The molecule has 4 aliphatic rings. The topological polar surface area (TPSA) is 166 Å². The number of piperazine rings is 1. The molecule has 1 unspecified atom stereocenters. The lowest BCUT2D eigenvalue weighted by atomic mass is 9.71. The van der Waals surface area contributed by atoms with Crippen LogP contribution in [-0.4, -0.2) is 89.3 Å². The summed E-state index contributed by atoms with van der Waals surface area (Å²) in [5, 5.41) is 40.3. The zero-order valence-corrected chi connectivity index (χ0v) is 31.1. The number of fused-ring (bicyclic) bond motifs is 9. The number of nitrogens with one attached hydrogen (secondary N) is 2. The molecule has 13 heteroatoms. The van der Waals surface area contributed by atoms with Gasteiger partial charge in [0, 0.05) is 47.3 Å². The summed E-state index contributed by atoms with van der Waals surface area (Å²) in [5.41, 5.74) is 4.37. The van der Waals surface area contributed by atoms with Gasteiger partial charge in [0.05, 0.1) is 25.3 Å². The first-order valence-electron chi connectivity index (χ1n) is 18.0. The van der Waals surface area contributed by atoms with Crippen LogP contribution in [0.15, 0.2) is 36.4 Å². The second-order valence-electron chi connectivity index (χ2n) is 15.4. The molecule has 0 aliphatic carbocycles. The number of benzene rings is 3. The highest BCUT2D eigenvalue weighted by molar-refractivity contribution is 5.86. The van der Waals surface area contributed by atoms with E-state index in [1.54, 1.807) is 27.7 Å². The Kier molecular flexibility index (Phi) is 9.32. The summed E-state index contributed by atoms with van der Waals surface area (Å²) >= 11 is 0. The van der Waals surface area contributed by atoms with E-state index in [4.69, 9.17) is 18.9 Å². The van der Waals surface area contributed by atoms with Crippen LogP contribution in [0.3, 0.4) is 0 Å². The van der Waals surface area contributed by atoms with Crippen LogP contribution >= 0.6 is 0 Å². The van der Waals surface area contributed by atoms with Gasteiger partial charge in [-0.1, -0.05) is 36.4 Å². The number of nitrogens with zero attached hydrogens (tertiary/aromatic N) is 3. The predicted octanol–water partition coefficient (Wildman–Crippen LogP) is 4.48. The second kappa shape index (κ2) is 13.7. The Balaban J connectivity index is 1.31. The number of phenolic OH excluding ortho intramolecular Hbond substituents is 2. The maximum Gasteiger partial charge on any atom is 0.408 e. The summed E-state index contributed by atoms with van der Waals surface area (Å²) in [5.74, 6) is 0.978. The third kappa shape index (κ3) is 6.23. The summed E-state index contributed by atoms with van der Waals surface area (Å²) in [6.07, 6.45) is 0.318. The van der Waals surface area contributed by atoms with Crippen molar-refractivity contribution in [2.24, 2.45) is 0 Å². The zero-order valence-electron chi connectivity index (χ0n) is 31.1. The SMILES string of the molecule is COc1c(C)cc2c(c1O)[C@@H]1C3Cc4c(O)c(C)c5c(c4[C@H](CNC(=O)[C@H](Cc4ccccc4)NC(=O)OC(C)(C)C)N3[C@@H](C#N)[C@H](C2)N1C)OCO5. The van der Waals surface area contributed by atoms with Crippen LogP contribution in [0.2, 0.25) is 0 Å². The summed E-state index contributed by atoms with van der Waals surface area (Å²) in [4.78, 5) is 31.5. The van der Waals surface area contributed by atoms with E-state index >= 15 is 0 Å². The van der Waals surface area contributed by atoms with E-state index < -0.39 is 41.8 Å². The number of carbonyl (C=O) groups excluding carboxylic acids is 2. The smallest absolute Gasteiger partial charge is 0.408 e. The van der Waals surface area contributed by atoms with Crippen LogP contribution in [0.5, 0.6) is 28.7 Å². The molecule has 0 radical (unpaired) electrons. The third-order valence-electron chi connectivity index (χ3n) is 11.1. The number of hydrogen-bond acceptors (Lipinski definition) is 11. The molecule has 7 rings (SSSR count). The standard InChI is InChI=1S/C40H47N5O8/c1-20-13-23-15-26-28(17-41)45-27(32(44(26)6)30(23)34(47)35(20)50-7)16-24-31(37-36(51-19-52-37)21(2)33(24)46)29(45)18-42-38(48)25(14-22-11-9-8-10-12-22)43-39(49)53-40(3,4)5/h8-13,25-29,32,46-47H,14-16,18-19H2,1-7H3,(H,42,48)(H,43,49)/t25-,26-,27?,28-,29-,32-/m0/s1. The number of alkyl carbamates (subject to hydrolysis) is 1. The molecule has 3 aromatic rings. The number of nitriles is 1. The number of aromatic hydroxyl groups is 2. The zero-order chi connectivity index (χ0) is 37.9. The van der Waals surface area contributed by atoms with Crippen molar-refractivity contribution >= 4 is 12.0 Å². The summed E-state index contributed by atoms with van der Waals surface area (Å²) < 4.78 is 23.1. The monoisotopic (exact) mass is 725 g/mol. The molecule has 6 atom stereocenters. The van der Waals surface area contributed by atoms with Crippen molar-refractivity contribution in [3.05, 3.63) is 75.3 Å². The number of methoxy groups -OCH3 is 1. The van der Waals surface area contributed by atoms with Crippen molar-refractivity contribution in [1.29, 1.82) is 5.26 Å². The lowest BCUT2D eigenvalue weighted by Crippen LogP contribution is -2.69. The van der Waals surface area contributed by atoms with Crippen LogP contribution < -0.4 is 24.8 Å². The van der Waals surface area contributed by atoms with Gasteiger partial charge in [0.2, 0.25) is 12.7 Å². The van der Waals surface area contributed by atoms with Crippen molar-refractivity contribution in [2.75, 3.05) is 27.5 Å². The quantitative estimate of drug-likeness (QED) is 0.272. The molecule has 53 heavy (non-hydrogen) atoms. The Morgan fingerprint density at radius 3 is 2.45 bits per heavy atom. The fraction of sp³-hybridized carbons (Fsp3) is 0.475. The largest absolute Gasteiger partial charge is 0.507 e. The first kappa shape index (κ1) is 36.2. The lowest BCUT2D eigenvalue weighted by molar-refractivity contribution is -0.124. The number of amides is 2. The van der Waals surface area contributed by atoms with Crippen LogP contribution in [0, 0.1) is 25.2 Å². The van der Waals surface area contributed by atoms with E-state index in [0.29, 0.717) is 46.8 Å². The normalized spacial score (nSPS) is 23.5. The number of hydrogen-bond donors (Lipinski definition) is 4. The molecule has 13 nitrogen and oxygen atoms in total. The van der Waals surface area contributed by atoms with E-state index in [-0.39, 0.29) is 43.3 Å². The fourth-order valence-corrected chi connectivity index (χ4v) is 8.87. The van der Waals surface area contributed by atoms with Gasteiger partial charge >= 0.3 is 6.09 Å². The van der Waals surface area contributed by atoms with E-state index in [1.165, 1.54) is 7.11 Å². The molecule has 4 heterocycles. The predicted molar refractivity (Wildman–Crippen MR) is 194 cm³/mol. The molecule has 0 saturated carbocycles. The van der Waals surface area contributed by atoms with Gasteiger partial charge in [0.25, 0.3) is 0 Å². The van der Waals surface area contributed by atoms with Crippen molar-refractivity contribution in [2.45, 2.75) is 95.7 Å². The molecule has 2 bridgehead atoms. The maximum atomic E-state index is 14.2. The van der Waals surface area contributed by atoms with Crippen molar-refractivity contribution in [3.63, 3.8) is 0 Å². The molecule has 3 aromatic carbocycles. The summed E-state index contributed by atoms with van der Waals surface area (Å²) in [6, 6.07) is 10.7. The number of rotatable bonds is 7. The Labute approximate surface area is 309 Å². The first-order valence-corrected chi connectivity index (χ1v) is 18.0. The second-order valence-corrected chi connectivity index (χ2v) is 15.4. The Hall–Kier alpha value is -5.19. The molecule has 4 N–H and O–H groups in total. The van der Waals surface area contributed by atoms with Gasteiger partial charge in [-0.2, -0.15) is 5.26 Å². The highest BCUT2D eigenvalue weighted by Gasteiger charge is 2.56. The van der Waals surface area contributed by atoms with Gasteiger partial charge < -0.3 is 39.8 Å². The summed E-state index contributed by atoms with van der Waals surface area (Å²) in [7, 11) is 3.50. The lowest BCUT2D eigenvalue weighted by Gasteiger charge is -2.60. The van der Waals surface area contributed by atoms with Gasteiger partial charge in [0.15, 0.2) is 23.0 Å². The fourth-order valence-electron chi connectivity index (χ4n) is 8.87. The molecular formula is C40H47N5O8. The van der Waals surface area contributed by atoms with Gasteiger partial charge in [-0.05, 0) is 71.2 Å². The average Bonchev–Trinajstić information content (AvgIpc) is 3.59. The van der Waals surface area contributed by atoms with Gasteiger partial charge in [-0.25, -0.2) is 4.79 Å². The van der Waals surface area contributed by atoms with Crippen molar-refractivity contribution in [3.8, 4) is 34.8 Å². The minimum atomic E-state index is -0.985. The van der Waals surface area contributed by atoms with Gasteiger partial charge in [0.1, 0.15) is 23.4 Å². The molecule has 1 saturated heterocycles.